The minimum Gasteiger partial charge on any atom is -0.459 e. The number of hydrogen-bond donors (Lipinski definition) is 2. The van der Waals surface area contributed by atoms with Gasteiger partial charge in [0.2, 0.25) is 5.91 Å². The molecule has 2 N–H and O–H groups in total. The highest BCUT2D eigenvalue weighted by molar-refractivity contribution is 5.94. The number of amides is 2. The maximum absolute atomic E-state index is 13.0. The van der Waals surface area contributed by atoms with Gasteiger partial charge in [0.05, 0.1) is 22.9 Å². The zero-order valence-corrected chi connectivity index (χ0v) is 19.1. The third-order valence-corrected chi connectivity index (χ3v) is 4.40. The number of carbonyl (C=O) groups is 4. The summed E-state index contributed by atoms with van der Waals surface area (Å²) in [6.45, 7) is 2.70. The first-order chi connectivity index (χ1) is 16.5. The standard InChI is InChI=1S/C24H25F3N2O6/c1-15(2)35-23(33)16-10-12-17(13-11-16)28-20(30)8-5-9-22(32)34-14-21(31)29-19-7-4-3-6-18(19)24(25,26)27/h3-4,6-7,10-13,15H,5,8-9,14H2,1-2H3,(H,28,30)(H,29,31). The Labute approximate surface area is 199 Å². The van der Waals surface area contributed by atoms with E-state index < -0.39 is 41.9 Å². The molecular formula is C24H25F3N2O6. The number of hydrogen-bond acceptors (Lipinski definition) is 6. The summed E-state index contributed by atoms with van der Waals surface area (Å²) >= 11 is 0. The summed E-state index contributed by atoms with van der Waals surface area (Å²) in [6, 6.07) is 10.5. The monoisotopic (exact) mass is 494 g/mol. The topological polar surface area (TPSA) is 111 Å². The second-order valence-electron chi connectivity index (χ2n) is 7.69. The Balaban J connectivity index is 1.70. The van der Waals surface area contributed by atoms with Crippen molar-refractivity contribution >= 4 is 35.1 Å². The quantitative estimate of drug-likeness (QED) is 0.469. The molecule has 11 heteroatoms. The minimum atomic E-state index is -4.65. The Bertz CT molecular complexity index is 1050. The number of carbonyl (C=O) groups excluding carboxylic acids is 4. The van der Waals surface area contributed by atoms with Crippen LogP contribution in [0.15, 0.2) is 48.5 Å². The number of ether oxygens (including phenoxy) is 2. The van der Waals surface area contributed by atoms with Crippen LogP contribution in [-0.4, -0.2) is 36.5 Å². The van der Waals surface area contributed by atoms with Crippen LogP contribution in [0.25, 0.3) is 0 Å². The molecule has 35 heavy (non-hydrogen) atoms. The van der Waals surface area contributed by atoms with E-state index in [9.17, 15) is 32.3 Å². The summed E-state index contributed by atoms with van der Waals surface area (Å²) in [4.78, 5) is 47.5. The van der Waals surface area contributed by atoms with Gasteiger partial charge in [-0.1, -0.05) is 12.1 Å². The summed E-state index contributed by atoms with van der Waals surface area (Å²) in [5, 5.41) is 4.68. The van der Waals surface area contributed by atoms with Crippen molar-refractivity contribution in [3.8, 4) is 0 Å². The molecule has 2 rings (SSSR count). The lowest BCUT2D eigenvalue weighted by molar-refractivity contribution is -0.147. The first-order valence-electron chi connectivity index (χ1n) is 10.7. The molecule has 188 valence electrons. The van der Waals surface area contributed by atoms with Crippen LogP contribution in [0.1, 0.15) is 49.0 Å². The van der Waals surface area contributed by atoms with Gasteiger partial charge in [0.1, 0.15) is 0 Å². The molecule has 0 aliphatic heterocycles. The highest BCUT2D eigenvalue weighted by atomic mass is 19.4. The van der Waals surface area contributed by atoms with E-state index in [2.05, 4.69) is 10.6 Å². The van der Waals surface area contributed by atoms with Crippen molar-refractivity contribution in [1.82, 2.24) is 0 Å². The second-order valence-corrected chi connectivity index (χ2v) is 7.69. The molecule has 0 saturated carbocycles. The van der Waals surface area contributed by atoms with Crippen molar-refractivity contribution in [2.75, 3.05) is 17.2 Å². The molecule has 0 aromatic heterocycles. The zero-order valence-electron chi connectivity index (χ0n) is 19.1. The molecule has 8 nitrogen and oxygen atoms in total. The normalized spacial score (nSPS) is 11.0. The molecule has 0 aliphatic rings. The Morgan fingerprint density at radius 2 is 1.54 bits per heavy atom. The van der Waals surface area contributed by atoms with Crippen LogP contribution in [0, 0.1) is 0 Å². The maximum Gasteiger partial charge on any atom is 0.418 e. The molecule has 0 unspecified atom stereocenters. The highest BCUT2D eigenvalue weighted by Gasteiger charge is 2.33. The van der Waals surface area contributed by atoms with Gasteiger partial charge in [-0.25, -0.2) is 4.79 Å². The smallest absolute Gasteiger partial charge is 0.418 e. The summed E-state index contributed by atoms with van der Waals surface area (Å²) in [7, 11) is 0. The number of esters is 2. The fourth-order valence-electron chi connectivity index (χ4n) is 2.83. The Morgan fingerprint density at radius 3 is 2.17 bits per heavy atom. The van der Waals surface area contributed by atoms with Gasteiger partial charge in [0, 0.05) is 18.5 Å². The highest BCUT2D eigenvalue weighted by Crippen LogP contribution is 2.34. The maximum atomic E-state index is 13.0. The summed E-state index contributed by atoms with van der Waals surface area (Å²) in [5.41, 5.74) is -0.668. The summed E-state index contributed by atoms with van der Waals surface area (Å²) in [5.74, 6) is -2.55. The molecule has 0 atom stereocenters. The van der Waals surface area contributed by atoms with E-state index in [1.807, 2.05) is 0 Å². The van der Waals surface area contributed by atoms with E-state index in [0.717, 1.165) is 12.1 Å². The lowest BCUT2D eigenvalue weighted by atomic mass is 10.1. The van der Waals surface area contributed by atoms with Gasteiger partial charge in [0.25, 0.3) is 5.91 Å². The largest absolute Gasteiger partial charge is 0.459 e. The number of alkyl halides is 3. The van der Waals surface area contributed by atoms with Crippen molar-refractivity contribution in [3.63, 3.8) is 0 Å². The van der Waals surface area contributed by atoms with Crippen molar-refractivity contribution in [2.45, 2.75) is 45.4 Å². The van der Waals surface area contributed by atoms with Gasteiger partial charge in [-0.15, -0.1) is 0 Å². The molecule has 0 saturated heterocycles. The zero-order chi connectivity index (χ0) is 26.0. The van der Waals surface area contributed by atoms with Crippen molar-refractivity contribution in [2.24, 2.45) is 0 Å². The molecule has 0 spiro atoms. The van der Waals surface area contributed by atoms with Gasteiger partial charge in [0.15, 0.2) is 6.61 Å². The van der Waals surface area contributed by atoms with Crippen molar-refractivity contribution in [3.05, 3.63) is 59.7 Å². The van der Waals surface area contributed by atoms with Crippen LogP contribution < -0.4 is 10.6 Å². The molecule has 0 aliphatic carbocycles. The minimum absolute atomic E-state index is 0.0165. The van der Waals surface area contributed by atoms with E-state index in [-0.39, 0.29) is 31.3 Å². The van der Waals surface area contributed by atoms with Crippen LogP contribution in [0.4, 0.5) is 24.5 Å². The van der Waals surface area contributed by atoms with Crippen LogP contribution in [0.2, 0.25) is 0 Å². The average Bonchev–Trinajstić information content (AvgIpc) is 2.77. The van der Waals surface area contributed by atoms with Gasteiger partial charge >= 0.3 is 18.1 Å². The van der Waals surface area contributed by atoms with Crippen LogP contribution in [-0.2, 0) is 30.0 Å². The van der Waals surface area contributed by atoms with Crippen LogP contribution in [0.5, 0.6) is 0 Å². The SMILES string of the molecule is CC(C)OC(=O)c1ccc(NC(=O)CCCC(=O)OCC(=O)Nc2ccccc2C(F)(F)F)cc1. The van der Waals surface area contributed by atoms with Crippen molar-refractivity contribution < 1.29 is 41.8 Å². The molecule has 2 aromatic carbocycles. The Hall–Kier alpha value is -3.89. The molecule has 0 heterocycles. The van der Waals surface area contributed by atoms with E-state index in [4.69, 9.17) is 9.47 Å². The molecule has 0 bridgehead atoms. The molecule has 2 amide bonds. The first kappa shape index (κ1) is 27.4. The third kappa shape index (κ3) is 9.48. The van der Waals surface area contributed by atoms with Gasteiger partial charge in [-0.2, -0.15) is 13.2 Å². The lowest BCUT2D eigenvalue weighted by Crippen LogP contribution is -2.22. The van der Waals surface area contributed by atoms with E-state index in [1.165, 1.54) is 24.3 Å². The predicted octanol–water partition coefficient (Wildman–Crippen LogP) is 4.56. The van der Waals surface area contributed by atoms with Crippen molar-refractivity contribution in [1.29, 1.82) is 0 Å². The lowest BCUT2D eigenvalue weighted by Gasteiger charge is -2.13. The molecule has 0 fully saturated rings. The Morgan fingerprint density at radius 1 is 0.886 bits per heavy atom. The number of rotatable bonds is 10. The van der Waals surface area contributed by atoms with E-state index >= 15 is 0 Å². The molecule has 0 radical (unpaired) electrons. The van der Waals surface area contributed by atoms with Gasteiger partial charge < -0.3 is 20.1 Å². The predicted molar refractivity (Wildman–Crippen MR) is 121 cm³/mol. The summed E-state index contributed by atoms with van der Waals surface area (Å²) < 4.78 is 48.7. The number of benzene rings is 2. The van der Waals surface area contributed by atoms with E-state index in [0.29, 0.717) is 11.3 Å². The Kier molecular flexibility index (Phi) is 9.80. The second kappa shape index (κ2) is 12.5. The third-order valence-electron chi connectivity index (χ3n) is 4.40. The van der Waals surface area contributed by atoms with Gasteiger partial charge in [-0.05, 0) is 56.7 Å². The van der Waals surface area contributed by atoms with Crippen LogP contribution >= 0.6 is 0 Å². The van der Waals surface area contributed by atoms with Crippen LogP contribution in [0.3, 0.4) is 0 Å². The fraction of sp³-hybridized carbons (Fsp3) is 0.333. The van der Waals surface area contributed by atoms with Gasteiger partial charge in [-0.3, -0.25) is 14.4 Å². The molecular weight excluding hydrogens is 469 g/mol. The van der Waals surface area contributed by atoms with E-state index in [1.54, 1.807) is 26.0 Å². The fourth-order valence-corrected chi connectivity index (χ4v) is 2.83. The number of para-hydroxylation sites is 1. The number of halogens is 3. The summed E-state index contributed by atoms with van der Waals surface area (Å²) in [6.07, 6.45) is -4.96. The first-order valence-corrected chi connectivity index (χ1v) is 10.7. The number of nitrogens with one attached hydrogen (secondary N) is 2. The average molecular weight is 494 g/mol. The molecule has 2 aromatic rings. The number of anilines is 2.